The summed E-state index contributed by atoms with van der Waals surface area (Å²) in [6, 6.07) is 8.73. The van der Waals surface area contributed by atoms with E-state index in [2.05, 4.69) is 34.3 Å². The number of para-hydroxylation sites is 1. The van der Waals surface area contributed by atoms with Crippen molar-refractivity contribution in [2.45, 2.75) is 19.9 Å². The fourth-order valence-corrected chi connectivity index (χ4v) is 1.99. The quantitative estimate of drug-likeness (QED) is 0.613. The molecule has 0 fully saturated rings. The van der Waals surface area contributed by atoms with Gasteiger partial charge in [0.05, 0.1) is 0 Å². The van der Waals surface area contributed by atoms with Crippen LogP contribution in [0.2, 0.25) is 0 Å². The molecule has 1 aromatic carbocycles. The molecule has 3 heteroatoms. The van der Waals surface area contributed by atoms with Crippen LogP contribution in [-0.4, -0.2) is 4.37 Å². The standard InChI is InChI=1S/C9H11N2S/c1-7(2)11-9-6-4-3-5-8(9)10-12-11/h3-7H,1-2H3/q+1. The van der Waals surface area contributed by atoms with Gasteiger partial charge in [0, 0.05) is 4.37 Å². The minimum atomic E-state index is 0.502. The van der Waals surface area contributed by atoms with E-state index in [-0.39, 0.29) is 0 Å². The predicted octanol–water partition coefficient (Wildman–Crippen LogP) is 2.16. The van der Waals surface area contributed by atoms with E-state index in [1.165, 1.54) is 17.2 Å². The van der Waals surface area contributed by atoms with Crippen LogP contribution in [0.1, 0.15) is 19.9 Å². The number of benzene rings is 1. The number of aromatic nitrogens is 2. The number of nitrogens with zero attached hydrogens (tertiary/aromatic N) is 2. The second-order valence-electron chi connectivity index (χ2n) is 3.08. The van der Waals surface area contributed by atoms with Crippen LogP contribution in [0.3, 0.4) is 0 Å². The lowest BCUT2D eigenvalue weighted by molar-refractivity contribution is -0.625. The highest BCUT2D eigenvalue weighted by atomic mass is 32.1. The van der Waals surface area contributed by atoms with Gasteiger partial charge in [0.15, 0.2) is 5.52 Å². The van der Waals surface area contributed by atoms with Crippen LogP contribution >= 0.6 is 11.7 Å². The van der Waals surface area contributed by atoms with Crippen molar-refractivity contribution in [3.05, 3.63) is 24.3 Å². The lowest BCUT2D eigenvalue weighted by Crippen LogP contribution is -2.31. The molecule has 2 nitrogen and oxygen atoms in total. The van der Waals surface area contributed by atoms with Crippen molar-refractivity contribution in [3.63, 3.8) is 0 Å². The van der Waals surface area contributed by atoms with Gasteiger partial charge >= 0.3 is 0 Å². The van der Waals surface area contributed by atoms with Gasteiger partial charge in [0.1, 0.15) is 6.04 Å². The molecule has 0 aliphatic rings. The summed E-state index contributed by atoms with van der Waals surface area (Å²) in [6.45, 7) is 4.34. The third kappa shape index (κ3) is 1.10. The van der Waals surface area contributed by atoms with Crippen molar-refractivity contribution in [3.8, 4) is 0 Å². The summed E-state index contributed by atoms with van der Waals surface area (Å²) in [7, 11) is 0. The summed E-state index contributed by atoms with van der Waals surface area (Å²) in [5, 5.41) is 0. The van der Waals surface area contributed by atoms with Crippen LogP contribution in [-0.2, 0) is 0 Å². The van der Waals surface area contributed by atoms with E-state index < -0.39 is 0 Å². The summed E-state index contributed by atoms with van der Waals surface area (Å²) in [5.41, 5.74) is 2.33. The van der Waals surface area contributed by atoms with Crippen molar-refractivity contribution in [1.29, 1.82) is 0 Å². The molecular formula is C9H11N2S+. The molecule has 62 valence electrons. The van der Waals surface area contributed by atoms with Gasteiger partial charge in [0.25, 0.3) is 11.7 Å². The first kappa shape index (κ1) is 7.68. The van der Waals surface area contributed by atoms with Crippen LogP contribution in [0.5, 0.6) is 0 Å². The fourth-order valence-electron chi connectivity index (χ4n) is 1.23. The van der Waals surface area contributed by atoms with Crippen LogP contribution in [0.25, 0.3) is 11.0 Å². The first-order chi connectivity index (χ1) is 5.79. The molecule has 1 aromatic heterocycles. The Morgan fingerprint density at radius 3 is 2.83 bits per heavy atom. The summed E-state index contributed by atoms with van der Waals surface area (Å²) in [4.78, 5) is 0. The maximum absolute atomic E-state index is 4.34. The highest BCUT2D eigenvalue weighted by Crippen LogP contribution is 2.10. The van der Waals surface area contributed by atoms with Gasteiger partial charge < -0.3 is 0 Å². The van der Waals surface area contributed by atoms with Crippen molar-refractivity contribution >= 4 is 22.8 Å². The summed E-state index contributed by atoms with van der Waals surface area (Å²) in [5.74, 6) is 0. The van der Waals surface area contributed by atoms with Gasteiger partial charge in [-0.3, -0.25) is 0 Å². The molecule has 0 atom stereocenters. The zero-order chi connectivity index (χ0) is 8.55. The third-order valence-corrected chi connectivity index (χ3v) is 2.89. The average Bonchev–Trinajstić information content (AvgIpc) is 2.47. The van der Waals surface area contributed by atoms with Crippen LogP contribution in [0.4, 0.5) is 0 Å². The van der Waals surface area contributed by atoms with Gasteiger partial charge in [-0.15, -0.1) is 0 Å². The second-order valence-corrected chi connectivity index (χ2v) is 3.82. The minimum Gasteiger partial charge on any atom is -0.166 e. The Bertz CT molecular complexity index is 392. The van der Waals surface area contributed by atoms with Crippen molar-refractivity contribution in [1.82, 2.24) is 4.37 Å². The molecule has 0 aliphatic heterocycles. The molecule has 0 spiro atoms. The Balaban J connectivity index is 2.70. The minimum absolute atomic E-state index is 0.502. The summed E-state index contributed by atoms with van der Waals surface area (Å²) >= 11 is 1.54. The monoisotopic (exact) mass is 179 g/mol. The molecular weight excluding hydrogens is 168 g/mol. The molecule has 0 unspecified atom stereocenters. The van der Waals surface area contributed by atoms with Crippen LogP contribution in [0.15, 0.2) is 24.3 Å². The van der Waals surface area contributed by atoms with E-state index in [9.17, 15) is 0 Å². The average molecular weight is 179 g/mol. The van der Waals surface area contributed by atoms with Crippen LogP contribution < -0.4 is 3.96 Å². The van der Waals surface area contributed by atoms with Crippen molar-refractivity contribution < 1.29 is 3.96 Å². The van der Waals surface area contributed by atoms with E-state index in [1.54, 1.807) is 0 Å². The maximum Gasteiger partial charge on any atom is 0.278 e. The van der Waals surface area contributed by atoms with Gasteiger partial charge in [-0.1, -0.05) is 12.1 Å². The Labute approximate surface area is 75.8 Å². The number of hydrogen-bond donors (Lipinski definition) is 0. The smallest absolute Gasteiger partial charge is 0.166 e. The molecule has 0 bridgehead atoms. The molecule has 0 aliphatic carbocycles. The van der Waals surface area contributed by atoms with Gasteiger partial charge in [-0.25, -0.2) is 0 Å². The zero-order valence-corrected chi connectivity index (χ0v) is 8.01. The molecule has 0 saturated heterocycles. The SMILES string of the molecule is CC(C)[n+]1snc2ccccc21. The van der Waals surface area contributed by atoms with Crippen LogP contribution in [0, 0.1) is 0 Å². The van der Waals surface area contributed by atoms with E-state index in [4.69, 9.17) is 0 Å². The molecule has 0 radical (unpaired) electrons. The zero-order valence-electron chi connectivity index (χ0n) is 7.19. The molecule has 0 saturated carbocycles. The number of rotatable bonds is 1. The van der Waals surface area contributed by atoms with E-state index in [1.807, 2.05) is 12.1 Å². The second kappa shape index (κ2) is 2.83. The maximum atomic E-state index is 4.34. The largest absolute Gasteiger partial charge is 0.278 e. The summed E-state index contributed by atoms with van der Waals surface area (Å²) in [6.07, 6.45) is 0. The Kier molecular flexibility index (Phi) is 1.81. The highest BCUT2D eigenvalue weighted by Gasteiger charge is 2.14. The molecule has 0 N–H and O–H groups in total. The Morgan fingerprint density at radius 1 is 1.33 bits per heavy atom. The van der Waals surface area contributed by atoms with E-state index in [0.29, 0.717) is 6.04 Å². The van der Waals surface area contributed by atoms with Gasteiger partial charge in [-0.05, 0) is 26.0 Å². The number of hydrogen-bond acceptors (Lipinski definition) is 2. The fraction of sp³-hybridized carbons (Fsp3) is 0.333. The van der Waals surface area contributed by atoms with Gasteiger partial charge in [-0.2, -0.15) is 3.96 Å². The van der Waals surface area contributed by atoms with Crippen molar-refractivity contribution in [2.75, 3.05) is 0 Å². The lowest BCUT2D eigenvalue weighted by atomic mass is 10.3. The number of fused-ring (bicyclic) bond motifs is 1. The normalized spacial score (nSPS) is 11.2. The molecule has 0 amide bonds. The molecule has 12 heavy (non-hydrogen) atoms. The topological polar surface area (TPSA) is 16.8 Å². The lowest BCUT2D eigenvalue weighted by Gasteiger charge is -1.96. The first-order valence-corrected chi connectivity index (χ1v) is 4.78. The van der Waals surface area contributed by atoms with E-state index >= 15 is 0 Å². The first-order valence-electron chi connectivity index (χ1n) is 4.05. The summed E-state index contributed by atoms with van der Waals surface area (Å²) < 4.78 is 6.56. The van der Waals surface area contributed by atoms with Crippen molar-refractivity contribution in [2.24, 2.45) is 0 Å². The molecule has 1 heterocycles. The molecule has 2 aromatic rings. The third-order valence-electron chi connectivity index (χ3n) is 1.82. The Morgan fingerprint density at radius 2 is 2.08 bits per heavy atom. The van der Waals surface area contributed by atoms with E-state index in [0.717, 1.165) is 5.52 Å². The predicted molar refractivity (Wildman–Crippen MR) is 50.2 cm³/mol. The van der Waals surface area contributed by atoms with Gasteiger partial charge in [0.2, 0.25) is 5.52 Å². The Hall–Kier alpha value is -0.960. The highest BCUT2D eigenvalue weighted by molar-refractivity contribution is 6.95. The molecule has 2 rings (SSSR count).